The first-order chi connectivity index (χ1) is 23.3. The van der Waals surface area contributed by atoms with E-state index >= 15 is 0 Å². The number of rotatable bonds is 10. The van der Waals surface area contributed by atoms with Crippen LogP contribution in [0.2, 0.25) is 0 Å². The number of piperazine rings is 1. The van der Waals surface area contributed by atoms with Crippen molar-refractivity contribution < 1.29 is 9.53 Å². The third-order valence-corrected chi connectivity index (χ3v) is 11.0. The number of amides is 1. The molecule has 3 fully saturated rings. The molecule has 48 heavy (non-hydrogen) atoms. The Balaban J connectivity index is 1.17. The molecule has 1 aromatic heterocycles. The molecule has 7 rings (SSSR count). The number of anilines is 2. The zero-order valence-corrected chi connectivity index (χ0v) is 28.7. The predicted molar refractivity (Wildman–Crippen MR) is 189 cm³/mol. The summed E-state index contributed by atoms with van der Waals surface area (Å²) in [7, 11) is 4.36. The molecule has 2 aromatic carbocycles. The zero-order valence-electron chi connectivity index (χ0n) is 28.7. The maximum absolute atomic E-state index is 12.7. The Labute approximate surface area is 284 Å². The molecule has 1 saturated carbocycles. The first-order valence-corrected chi connectivity index (χ1v) is 17.5. The summed E-state index contributed by atoms with van der Waals surface area (Å²) in [6.45, 7) is 13.0. The van der Waals surface area contributed by atoms with Crippen LogP contribution in [0.4, 0.5) is 11.5 Å². The molecule has 3 aromatic rings. The highest BCUT2D eigenvalue weighted by atomic mass is 16.5. The molecule has 0 N–H and O–H groups in total. The smallest absolute Gasteiger partial charge is 0.318 e. The van der Waals surface area contributed by atoms with Crippen molar-refractivity contribution in [2.75, 3.05) is 76.3 Å². The maximum atomic E-state index is 12.7. The number of likely N-dealkylation sites (N-methyl/N-ethyl adjacent to an activating group) is 1. The molecule has 10 nitrogen and oxygen atoms in total. The molecule has 0 spiro atoms. The molecule has 10 heteroatoms. The molecule has 1 aliphatic carbocycles. The van der Waals surface area contributed by atoms with Gasteiger partial charge in [0.25, 0.3) is 0 Å². The summed E-state index contributed by atoms with van der Waals surface area (Å²) in [6.07, 6.45) is 5.95. The van der Waals surface area contributed by atoms with Gasteiger partial charge in [-0.15, -0.1) is 0 Å². The third-order valence-electron chi connectivity index (χ3n) is 11.0. The van der Waals surface area contributed by atoms with Gasteiger partial charge in [0.2, 0.25) is 5.91 Å². The highest BCUT2D eigenvalue weighted by Crippen LogP contribution is 2.47. The lowest BCUT2D eigenvalue weighted by molar-refractivity contribution is -0.128. The van der Waals surface area contributed by atoms with Crippen molar-refractivity contribution in [3.05, 3.63) is 65.9 Å². The van der Waals surface area contributed by atoms with E-state index in [1.165, 1.54) is 34.5 Å². The van der Waals surface area contributed by atoms with E-state index in [1.54, 1.807) is 4.90 Å². The van der Waals surface area contributed by atoms with Gasteiger partial charge in [0.15, 0.2) is 0 Å². The van der Waals surface area contributed by atoms with Gasteiger partial charge in [-0.1, -0.05) is 36.9 Å². The monoisotopic (exact) mass is 648 g/mol. The second-order valence-electron chi connectivity index (χ2n) is 14.5. The van der Waals surface area contributed by atoms with Crippen LogP contribution >= 0.6 is 0 Å². The minimum absolute atomic E-state index is 0.130. The lowest BCUT2D eigenvalue weighted by Crippen LogP contribution is -2.55. The van der Waals surface area contributed by atoms with Crippen LogP contribution in [0, 0.1) is 23.7 Å². The second-order valence-corrected chi connectivity index (χ2v) is 14.5. The first kappa shape index (κ1) is 32.4. The van der Waals surface area contributed by atoms with Gasteiger partial charge in [-0.3, -0.25) is 4.79 Å². The molecule has 3 aliphatic heterocycles. The number of benzene rings is 2. The summed E-state index contributed by atoms with van der Waals surface area (Å²) in [5.74, 6) is 0.755. The fourth-order valence-corrected chi connectivity index (χ4v) is 8.02. The number of hydrogen-bond donors (Lipinski definition) is 0. The van der Waals surface area contributed by atoms with Gasteiger partial charge in [-0.2, -0.15) is 15.2 Å². The molecule has 2 saturated heterocycles. The average Bonchev–Trinajstić information content (AvgIpc) is 3.70. The first-order valence-electron chi connectivity index (χ1n) is 17.5. The lowest BCUT2D eigenvalue weighted by atomic mass is 9.99. The topological polar surface area (TPSA) is 92.1 Å². The van der Waals surface area contributed by atoms with Crippen LogP contribution < -0.4 is 14.5 Å². The van der Waals surface area contributed by atoms with E-state index in [-0.39, 0.29) is 23.8 Å². The van der Waals surface area contributed by atoms with Crippen molar-refractivity contribution in [1.29, 1.82) is 5.26 Å². The van der Waals surface area contributed by atoms with Gasteiger partial charge in [-0.25, -0.2) is 0 Å². The minimum atomic E-state index is -0.232. The summed E-state index contributed by atoms with van der Waals surface area (Å²) < 4.78 is 6.56. The molecule has 2 atom stereocenters. The van der Waals surface area contributed by atoms with Crippen molar-refractivity contribution in [2.45, 2.75) is 57.7 Å². The zero-order chi connectivity index (χ0) is 33.4. The quantitative estimate of drug-likeness (QED) is 0.297. The van der Waals surface area contributed by atoms with Gasteiger partial charge in [0.05, 0.1) is 37.4 Å². The molecular formula is C38H48N8O2. The Morgan fingerprint density at radius 1 is 1.10 bits per heavy atom. The van der Waals surface area contributed by atoms with Crippen LogP contribution in [0.25, 0.3) is 10.8 Å². The van der Waals surface area contributed by atoms with Gasteiger partial charge >= 0.3 is 6.01 Å². The number of carbonyl (C=O) groups is 1. The molecule has 4 heterocycles. The predicted octanol–water partition coefficient (Wildman–Crippen LogP) is 4.41. The van der Waals surface area contributed by atoms with Gasteiger partial charge in [0, 0.05) is 67.4 Å². The molecule has 2 unspecified atom stereocenters. The van der Waals surface area contributed by atoms with E-state index in [9.17, 15) is 10.1 Å². The van der Waals surface area contributed by atoms with Crippen molar-refractivity contribution in [3.63, 3.8) is 0 Å². The van der Waals surface area contributed by atoms with Crippen LogP contribution in [0.3, 0.4) is 0 Å². The number of hydrogen-bond acceptors (Lipinski definition) is 9. The van der Waals surface area contributed by atoms with Crippen molar-refractivity contribution in [3.8, 4) is 12.1 Å². The molecule has 252 valence electrons. The van der Waals surface area contributed by atoms with Crippen molar-refractivity contribution >= 4 is 28.2 Å². The Morgan fingerprint density at radius 3 is 2.65 bits per heavy atom. The van der Waals surface area contributed by atoms with E-state index in [4.69, 9.17) is 14.7 Å². The summed E-state index contributed by atoms with van der Waals surface area (Å²) in [6, 6.07) is 16.1. The fourth-order valence-electron chi connectivity index (χ4n) is 8.02. The number of ether oxygens (including phenoxy) is 1. The third kappa shape index (κ3) is 6.46. The number of aromatic nitrogens is 2. The highest BCUT2D eigenvalue weighted by Gasteiger charge is 2.46. The normalized spacial score (nSPS) is 22.1. The minimum Gasteiger partial charge on any atom is -0.463 e. The molecule has 0 radical (unpaired) electrons. The largest absolute Gasteiger partial charge is 0.463 e. The van der Waals surface area contributed by atoms with E-state index in [1.807, 2.05) is 0 Å². The van der Waals surface area contributed by atoms with Crippen LogP contribution in [0.15, 0.2) is 49.1 Å². The molecular weight excluding hydrogens is 600 g/mol. The summed E-state index contributed by atoms with van der Waals surface area (Å²) in [5, 5.41) is 12.1. The molecule has 4 aliphatic rings. The number of fused-ring (bicyclic) bond motifs is 2. The summed E-state index contributed by atoms with van der Waals surface area (Å²) in [5.41, 5.74) is 4.78. The second kappa shape index (κ2) is 13.4. The van der Waals surface area contributed by atoms with Gasteiger partial charge in [0.1, 0.15) is 5.82 Å². The van der Waals surface area contributed by atoms with Crippen molar-refractivity contribution in [1.82, 2.24) is 24.7 Å². The van der Waals surface area contributed by atoms with Crippen LogP contribution in [0.1, 0.15) is 42.5 Å². The maximum Gasteiger partial charge on any atom is 0.318 e. The number of nitrogens with zero attached hydrogens (tertiary/aromatic N) is 8. The van der Waals surface area contributed by atoms with Gasteiger partial charge in [-0.05, 0) is 76.3 Å². The Kier molecular flexibility index (Phi) is 9.01. The van der Waals surface area contributed by atoms with E-state index in [0.29, 0.717) is 44.8 Å². The number of likely N-dealkylation sites (tertiary alicyclic amines) is 1. The molecule has 0 bridgehead atoms. The molecule has 1 amide bonds. The van der Waals surface area contributed by atoms with Crippen LogP contribution in [-0.2, 0) is 17.8 Å². The highest BCUT2D eigenvalue weighted by molar-refractivity contribution is 5.97. The lowest BCUT2D eigenvalue weighted by Gasteiger charge is -2.42. The van der Waals surface area contributed by atoms with Crippen LogP contribution in [-0.4, -0.2) is 109 Å². The van der Waals surface area contributed by atoms with Crippen molar-refractivity contribution in [2.24, 2.45) is 5.41 Å². The Bertz CT molecular complexity index is 1720. The number of aryl methyl sites for hydroxylation is 1. The number of nitriles is 1. The standard InChI is InChI=1S/C38H48N8O2/c1-5-34(47)46-21-20-45(23-30(46)12-17-39)36-31-14-19-44(33-11-7-10-28-9-6-8-27(2)35(28)33)24-32(31)40-37(41-36)48-26-38(15-16-38)25-43-18-13-29(22-43)42(3)4/h5-11,29-30H,1,12-16,18-26H2,2-4H3. The van der Waals surface area contributed by atoms with Crippen LogP contribution in [0.5, 0.6) is 6.01 Å². The summed E-state index contributed by atoms with van der Waals surface area (Å²) >= 11 is 0. The Hall–Kier alpha value is -4.20. The fraction of sp³-hybridized carbons (Fsp3) is 0.526. The average molecular weight is 649 g/mol. The number of carbonyl (C=O) groups excluding carboxylic acids is 1. The van der Waals surface area contributed by atoms with E-state index in [0.717, 1.165) is 62.5 Å². The summed E-state index contributed by atoms with van der Waals surface area (Å²) in [4.78, 5) is 34.3. The van der Waals surface area contributed by atoms with E-state index in [2.05, 4.69) is 89.7 Å². The SMILES string of the molecule is C=CC(=O)N1CCN(c2nc(OCC3(CN4CCC(N(C)C)C4)CC3)nc3c2CCN(c2cccc4cccc(C)c24)C3)CC1CC#N. The Morgan fingerprint density at radius 2 is 1.92 bits per heavy atom. The van der Waals surface area contributed by atoms with Gasteiger partial charge < -0.3 is 29.2 Å². The van der Waals surface area contributed by atoms with E-state index < -0.39 is 0 Å².